The fraction of sp³-hybridized carbons (Fsp3) is 0.333. The zero-order valence-corrected chi connectivity index (χ0v) is 13.8. The van der Waals surface area contributed by atoms with E-state index in [1.807, 2.05) is 18.2 Å². The van der Waals surface area contributed by atoms with Gasteiger partial charge in [-0.3, -0.25) is 0 Å². The summed E-state index contributed by atoms with van der Waals surface area (Å²) in [5.41, 5.74) is 3.48. The lowest BCUT2D eigenvalue weighted by Gasteiger charge is -2.15. The van der Waals surface area contributed by atoms with Gasteiger partial charge in [0.05, 0.1) is 15.3 Å². The van der Waals surface area contributed by atoms with Crippen LogP contribution in [0.4, 0.5) is 0 Å². The Hall–Kier alpha value is -0.580. The molecule has 5 heteroatoms. The van der Waals surface area contributed by atoms with Crippen molar-refractivity contribution in [1.29, 1.82) is 0 Å². The van der Waals surface area contributed by atoms with Crippen molar-refractivity contribution in [3.05, 3.63) is 55.7 Å². The summed E-state index contributed by atoms with van der Waals surface area (Å²) in [7, 11) is 1.71. The minimum atomic E-state index is 0.154. The van der Waals surface area contributed by atoms with E-state index in [0.29, 0.717) is 6.61 Å². The number of benzene rings is 1. The van der Waals surface area contributed by atoms with E-state index in [9.17, 15) is 0 Å². The van der Waals surface area contributed by atoms with E-state index in [1.165, 1.54) is 22.5 Å². The lowest BCUT2D eigenvalue weighted by Crippen LogP contribution is -2.18. The van der Waals surface area contributed by atoms with E-state index in [4.69, 9.17) is 27.9 Å². The lowest BCUT2D eigenvalue weighted by molar-refractivity contribution is 0.184. The molecule has 0 amide bonds. The van der Waals surface area contributed by atoms with Gasteiger partial charge in [0, 0.05) is 19.7 Å². The molecule has 0 saturated heterocycles. The Labute approximate surface area is 133 Å². The molecule has 2 rings (SSSR count). The summed E-state index contributed by atoms with van der Waals surface area (Å²) in [6, 6.07) is 10.3. The van der Waals surface area contributed by atoms with Crippen molar-refractivity contribution >= 4 is 34.5 Å². The molecule has 1 unspecified atom stereocenters. The molecule has 2 nitrogen and oxygen atoms in total. The van der Waals surface area contributed by atoms with Gasteiger partial charge in [-0.25, -0.2) is 0 Å². The molecule has 1 aromatic carbocycles. The van der Waals surface area contributed by atoms with Gasteiger partial charge in [0.1, 0.15) is 0 Å². The molecule has 0 aliphatic rings. The van der Waals surface area contributed by atoms with Gasteiger partial charge in [0.25, 0.3) is 0 Å². The summed E-state index contributed by atoms with van der Waals surface area (Å²) in [5, 5.41) is 3.48. The minimum absolute atomic E-state index is 0.154. The van der Waals surface area contributed by atoms with Gasteiger partial charge in [-0.2, -0.15) is 0 Å². The maximum Gasteiger partial charge on any atom is 0.0991 e. The zero-order chi connectivity index (χ0) is 14.5. The first kappa shape index (κ1) is 15.8. The van der Waals surface area contributed by atoms with E-state index >= 15 is 0 Å². The van der Waals surface area contributed by atoms with E-state index in [1.54, 1.807) is 7.11 Å². The molecule has 20 heavy (non-hydrogen) atoms. The van der Waals surface area contributed by atoms with Gasteiger partial charge in [-0.15, -0.1) is 11.3 Å². The van der Waals surface area contributed by atoms with Gasteiger partial charge in [0.15, 0.2) is 0 Å². The average molecular weight is 330 g/mol. The molecule has 2 aromatic rings. The largest absolute Gasteiger partial charge is 0.380 e. The van der Waals surface area contributed by atoms with Crippen LogP contribution in [0, 0.1) is 0 Å². The van der Waals surface area contributed by atoms with E-state index in [0.717, 1.165) is 20.8 Å². The monoisotopic (exact) mass is 329 g/mol. The Morgan fingerprint density at radius 2 is 1.95 bits per heavy atom. The molecule has 1 heterocycles. The van der Waals surface area contributed by atoms with Gasteiger partial charge >= 0.3 is 0 Å². The topological polar surface area (TPSA) is 21.3 Å². The highest BCUT2D eigenvalue weighted by molar-refractivity contribution is 7.20. The number of halogens is 2. The maximum absolute atomic E-state index is 6.18. The second-order valence-electron chi connectivity index (χ2n) is 4.58. The molecule has 0 fully saturated rings. The van der Waals surface area contributed by atoms with E-state index in [-0.39, 0.29) is 6.04 Å². The number of ether oxygens (including phenoxy) is 1. The number of rotatable bonds is 6. The van der Waals surface area contributed by atoms with Crippen LogP contribution in [-0.2, 0) is 17.9 Å². The lowest BCUT2D eigenvalue weighted by atomic mass is 10.1. The Morgan fingerprint density at radius 1 is 1.25 bits per heavy atom. The van der Waals surface area contributed by atoms with Crippen LogP contribution in [0.15, 0.2) is 30.3 Å². The van der Waals surface area contributed by atoms with Crippen LogP contribution in [0.1, 0.15) is 29.7 Å². The number of hydrogen-bond donors (Lipinski definition) is 1. The summed E-state index contributed by atoms with van der Waals surface area (Å²) < 4.78 is 6.69. The summed E-state index contributed by atoms with van der Waals surface area (Å²) in [4.78, 5) is 0. The first-order chi connectivity index (χ1) is 9.61. The summed E-state index contributed by atoms with van der Waals surface area (Å²) in [5.74, 6) is 0. The van der Waals surface area contributed by atoms with Crippen molar-refractivity contribution in [2.75, 3.05) is 7.11 Å². The maximum atomic E-state index is 6.18. The third kappa shape index (κ3) is 3.96. The molecule has 108 valence electrons. The highest BCUT2D eigenvalue weighted by atomic mass is 35.5. The van der Waals surface area contributed by atoms with Crippen molar-refractivity contribution < 1.29 is 4.74 Å². The summed E-state index contributed by atoms with van der Waals surface area (Å²) in [6.07, 6.45) is 0. The van der Waals surface area contributed by atoms with Crippen molar-refractivity contribution in [3.63, 3.8) is 0 Å². The number of nitrogens with one attached hydrogen (secondary N) is 1. The Morgan fingerprint density at radius 3 is 2.55 bits per heavy atom. The predicted octanol–water partition coefficient (Wildman–Crippen LogP) is 5.05. The fourth-order valence-corrected chi connectivity index (χ4v) is 3.69. The summed E-state index contributed by atoms with van der Waals surface area (Å²) in [6.45, 7) is 3.48. The van der Waals surface area contributed by atoms with Crippen molar-refractivity contribution in [2.24, 2.45) is 0 Å². The molecule has 1 atom stereocenters. The Balaban J connectivity index is 2.03. The molecule has 0 radical (unpaired) electrons. The van der Waals surface area contributed by atoms with Crippen molar-refractivity contribution in [3.8, 4) is 0 Å². The second-order valence-corrected chi connectivity index (χ2v) is 6.87. The van der Waals surface area contributed by atoms with Crippen LogP contribution in [0.3, 0.4) is 0 Å². The number of thiophene rings is 1. The molecule has 1 aromatic heterocycles. The van der Waals surface area contributed by atoms with Crippen LogP contribution < -0.4 is 5.32 Å². The zero-order valence-electron chi connectivity index (χ0n) is 11.5. The van der Waals surface area contributed by atoms with Gasteiger partial charge in [-0.1, -0.05) is 47.5 Å². The van der Waals surface area contributed by atoms with Crippen LogP contribution in [0.25, 0.3) is 0 Å². The normalized spacial score (nSPS) is 12.6. The summed E-state index contributed by atoms with van der Waals surface area (Å²) >= 11 is 13.6. The molecular weight excluding hydrogens is 313 g/mol. The molecule has 0 bridgehead atoms. The van der Waals surface area contributed by atoms with Crippen LogP contribution in [0.5, 0.6) is 0 Å². The quantitative estimate of drug-likeness (QED) is 0.800. The smallest absolute Gasteiger partial charge is 0.0991 e. The molecule has 0 saturated carbocycles. The highest BCUT2D eigenvalue weighted by Crippen LogP contribution is 2.34. The van der Waals surface area contributed by atoms with E-state index in [2.05, 4.69) is 24.4 Å². The second kappa shape index (κ2) is 7.43. The Bertz CT molecular complexity index is 571. The van der Waals surface area contributed by atoms with Crippen LogP contribution in [0.2, 0.25) is 8.67 Å². The van der Waals surface area contributed by atoms with Gasteiger partial charge in [0.2, 0.25) is 0 Å². The van der Waals surface area contributed by atoms with Crippen molar-refractivity contribution in [2.45, 2.75) is 26.1 Å². The van der Waals surface area contributed by atoms with Gasteiger partial charge in [-0.05, 0) is 29.7 Å². The first-order valence-electron chi connectivity index (χ1n) is 6.35. The third-order valence-corrected chi connectivity index (χ3v) is 4.68. The van der Waals surface area contributed by atoms with Gasteiger partial charge < -0.3 is 10.1 Å². The first-order valence-corrected chi connectivity index (χ1v) is 7.93. The minimum Gasteiger partial charge on any atom is -0.380 e. The highest BCUT2D eigenvalue weighted by Gasteiger charge is 2.13. The average Bonchev–Trinajstić information content (AvgIpc) is 2.77. The molecular formula is C15H17Cl2NOS. The van der Waals surface area contributed by atoms with Crippen molar-refractivity contribution in [1.82, 2.24) is 5.32 Å². The standard InChI is InChI=1S/C15H17Cl2NOS/c1-10(13-7-14(16)20-15(13)17)18-8-11-5-3-4-6-12(11)9-19-2/h3-7,10,18H,8-9H2,1-2H3. The van der Waals surface area contributed by atoms with E-state index < -0.39 is 0 Å². The molecule has 1 N–H and O–H groups in total. The van der Waals surface area contributed by atoms with Crippen LogP contribution >= 0.6 is 34.5 Å². The SMILES string of the molecule is COCc1ccccc1CNC(C)c1cc(Cl)sc1Cl. The number of hydrogen-bond acceptors (Lipinski definition) is 3. The third-order valence-electron chi connectivity index (χ3n) is 3.17. The molecule has 0 spiro atoms. The molecule has 0 aliphatic carbocycles. The Kier molecular flexibility index (Phi) is 5.87. The van der Waals surface area contributed by atoms with Crippen LogP contribution in [-0.4, -0.2) is 7.11 Å². The fourth-order valence-electron chi connectivity index (χ4n) is 2.05. The number of methoxy groups -OCH3 is 1. The molecule has 0 aliphatic heterocycles. The predicted molar refractivity (Wildman–Crippen MR) is 86.7 cm³/mol.